The van der Waals surface area contributed by atoms with E-state index in [9.17, 15) is 9.90 Å². The molecule has 0 fully saturated rings. The van der Waals surface area contributed by atoms with Gasteiger partial charge in [-0.05, 0) is 5.53 Å². The molecule has 0 aliphatic rings. The minimum Gasteiger partial charge on any atom is -0.394 e. The lowest BCUT2D eigenvalue weighted by Crippen LogP contribution is -2.31. The molecular weight excluding hydrogens is 268 g/mol. The number of azide groups is 1. The molecule has 0 radical (unpaired) electrons. The summed E-state index contributed by atoms with van der Waals surface area (Å²) in [6.45, 7) is -0.565. The van der Waals surface area contributed by atoms with E-state index in [1.54, 1.807) is 0 Å². The second kappa shape index (κ2) is 5.57. The molecule has 0 bridgehead atoms. The first-order chi connectivity index (χ1) is 9.56. The average Bonchev–Trinajstić information content (AvgIpc) is 2.80. The number of nitrogen functional groups attached to an aromatic ring is 1. The van der Waals surface area contributed by atoms with Crippen LogP contribution < -0.4 is 11.3 Å². The zero-order valence-corrected chi connectivity index (χ0v) is 10.2. The maximum Gasteiger partial charge on any atom is 0.280 e. The third-order valence-electron chi connectivity index (χ3n) is 2.71. The molecule has 2 atom stereocenters. The molecule has 11 nitrogen and oxygen atoms in total. The zero-order chi connectivity index (χ0) is 14.7. The van der Waals surface area contributed by atoms with Crippen LogP contribution >= 0.6 is 0 Å². The number of hydrogen-bond acceptors (Lipinski definition) is 7. The predicted octanol–water partition coefficient (Wildman–Crippen LogP) is -1.27. The van der Waals surface area contributed by atoms with Crippen LogP contribution in [0.25, 0.3) is 21.6 Å². The predicted molar refractivity (Wildman–Crippen MR) is 68.6 cm³/mol. The number of aromatic amines is 1. The van der Waals surface area contributed by atoms with E-state index in [1.807, 2.05) is 0 Å². The number of nitrogens with zero attached hydrogens (tertiary/aromatic N) is 6. The molecule has 0 amide bonds. The van der Waals surface area contributed by atoms with E-state index in [0.717, 1.165) is 0 Å². The quantitative estimate of drug-likeness (QED) is 0.301. The first kappa shape index (κ1) is 13.8. The van der Waals surface area contributed by atoms with Gasteiger partial charge >= 0.3 is 0 Å². The first-order valence-electron chi connectivity index (χ1n) is 5.60. The van der Waals surface area contributed by atoms with Crippen LogP contribution in [-0.2, 0) is 6.54 Å². The molecule has 0 aliphatic carbocycles. The fourth-order valence-electron chi connectivity index (χ4n) is 1.73. The van der Waals surface area contributed by atoms with Crippen LogP contribution in [0.15, 0.2) is 16.2 Å². The number of fused-ring (bicyclic) bond motifs is 1. The Morgan fingerprint density at radius 2 is 2.40 bits per heavy atom. The van der Waals surface area contributed by atoms with Gasteiger partial charge in [0.1, 0.15) is 0 Å². The standard InChI is InChI=1S/C9H12N8O3/c10-9-13-7-6(8(20)14-9)12-3-17(7)1-4(15-16-11)5(19)2-18/h3-5,18-19H,1-2H2,(H3,10,13,14,20)/t4-,5+/m1/s1. The van der Waals surface area contributed by atoms with Crippen LogP contribution in [0.2, 0.25) is 0 Å². The summed E-state index contributed by atoms with van der Waals surface area (Å²) in [5.41, 5.74) is 13.7. The fourth-order valence-corrected chi connectivity index (χ4v) is 1.73. The lowest BCUT2D eigenvalue weighted by atomic mass is 10.2. The summed E-state index contributed by atoms with van der Waals surface area (Å²) in [5.74, 6) is -0.0766. The minimum absolute atomic E-state index is 0.00181. The van der Waals surface area contributed by atoms with Crippen molar-refractivity contribution in [1.29, 1.82) is 0 Å². The zero-order valence-electron chi connectivity index (χ0n) is 10.2. The molecule has 2 aromatic heterocycles. The van der Waals surface area contributed by atoms with Gasteiger partial charge < -0.3 is 20.5 Å². The molecule has 2 aromatic rings. The number of nitrogens with two attached hydrogens (primary N) is 1. The van der Waals surface area contributed by atoms with Crippen molar-refractivity contribution in [2.45, 2.75) is 18.7 Å². The molecule has 11 heteroatoms. The summed E-state index contributed by atoms with van der Waals surface area (Å²) in [6.07, 6.45) is 0.0822. The Hall–Kier alpha value is -2.62. The van der Waals surface area contributed by atoms with Gasteiger partial charge in [-0.1, -0.05) is 5.11 Å². The molecule has 106 valence electrons. The van der Waals surface area contributed by atoms with Crippen LogP contribution in [0, 0.1) is 0 Å². The highest BCUT2D eigenvalue weighted by atomic mass is 16.3. The number of hydrogen-bond donors (Lipinski definition) is 4. The molecule has 2 heterocycles. The second-order valence-corrected chi connectivity index (χ2v) is 4.04. The van der Waals surface area contributed by atoms with Crippen molar-refractivity contribution in [3.8, 4) is 0 Å². The van der Waals surface area contributed by atoms with Crippen LogP contribution in [0.4, 0.5) is 5.95 Å². The van der Waals surface area contributed by atoms with Gasteiger partial charge in [0.2, 0.25) is 5.95 Å². The van der Waals surface area contributed by atoms with Crippen LogP contribution in [-0.4, -0.2) is 48.5 Å². The normalized spacial score (nSPS) is 13.9. The number of aliphatic hydroxyl groups excluding tert-OH is 2. The third kappa shape index (κ3) is 2.54. The Morgan fingerprint density at radius 3 is 3.05 bits per heavy atom. The van der Waals surface area contributed by atoms with Crippen molar-refractivity contribution in [3.63, 3.8) is 0 Å². The van der Waals surface area contributed by atoms with E-state index in [0.29, 0.717) is 0 Å². The number of H-pyrrole nitrogens is 1. The highest BCUT2D eigenvalue weighted by Crippen LogP contribution is 2.10. The molecule has 0 unspecified atom stereocenters. The average molecular weight is 280 g/mol. The third-order valence-corrected chi connectivity index (χ3v) is 2.71. The summed E-state index contributed by atoms with van der Waals surface area (Å²) in [4.78, 5) is 24.3. The van der Waals surface area contributed by atoms with Crippen molar-refractivity contribution in [3.05, 3.63) is 27.1 Å². The lowest BCUT2D eigenvalue weighted by molar-refractivity contribution is 0.0698. The summed E-state index contributed by atoms with van der Waals surface area (Å²) in [5, 5.41) is 21.9. The maximum absolute atomic E-state index is 11.6. The van der Waals surface area contributed by atoms with Crippen LogP contribution in [0.1, 0.15) is 0 Å². The highest BCUT2D eigenvalue weighted by molar-refractivity contribution is 5.70. The Morgan fingerprint density at radius 1 is 1.65 bits per heavy atom. The Labute approximate surface area is 111 Å². The van der Waals surface area contributed by atoms with E-state index in [4.69, 9.17) is 16.4 Å². The molecule has 20 heavy (non-hydrogen) atoms. The van der Waals surface area contributed by atoms with Crippen molar-refractivity contribution in [2.24, 2.45) is 5.11 Å². The van der Waals surface area contributed by atoms with Crippen LogP contribution in [0.3, 0.4) is 0 Å². The molecule has 5 N–H and O–H groups in total. The molecular formula is C9H12N8O3. The summed E-state index contributed by atoms with van der Waals surface area (Å²) in [6, 6.07) is -0.926. The van der Waals surface area contributed by atoms with Crippen molar-refractivity contribution in [2.75, 3.05) is 12.3 Å². The lowest BCUT2D eigenvalue weighted by Gasteiger charge is -2.16. The van der Waals surface area contributed by atoms with E-state index in [1.165, 1.54) is 10.9 Å². The summed E-state index contributed by atoms with van der Waals surface area (Å²) < 4.78 is 1.42. The number of anilines is 1. The first-order valence-corrected chi connectivity index (χ1v) is 5.60. The molecule has 0 spiro atoms. The molecule has 2 rings (SSSR count). The van der Waals surface area contributed by atoms with Gasteiger partial charge in [0, 0.05) is 11.5 Å². The molecule has 0 aromatic carbocycles. The van der Waals surface area contributed by atoms with Crippen LogP contribution in [0.5, 0.6) is 0 Å². The summed E-state index contributed by atoms with van der Waals surface area (Å²) >= 11 is 0. The van der Waals surface area contributed by atoms with Gasteiger partial charge in [-0.3, -0.25) is 9.78 Å². The Balaban J connectivity index is 2.42. The van der Waals surface area contributed by atoms with Gasteiger partial charge in [-0.2, -0.15) is 4.98 Å². The second-order valence-electron chi connectivity index (χ2n) is 4.04. The molecule has 0 saturated carbocycles. The SMILES string of the molecule is [N-]=[N+]=N[C@H](Cn1cnc2c(=O)[nH]c(N)nc21)[C@@H](O)CO. The largest absolute Gasteiger partial charge is 0.394 e. The van der Waals surface area contributed by atoms with Crippen molar-refractivity contribution >= 4 is 17.1 Å². The number of nitrogens with one attached hydrogen (secondary N) is 1. The monoisotopic (exact) mass is 280 g/mol. The smallest absolute Gasteiger partial charge is 0.280 e. The van der Waals surface area contributed by atoms with Gasteiger partial charge in [0.25, 0.3) is 5.56 Å². The van der Waals surface area contributed by atoms with E-state index in [2.05, 4.69) is 25.0 Å². The summed E-state index contributed by atoms with van der Waals surface area (Å²) in [7, 11) is 0. The van der Waals surface area contributed by atoms with E-state index < -0.39 is 24.3 Å². The topological polar surface area (TPSA) is 179 Å². The number of aromatic nitrogens is 4. The van der Waals surface area contributed by atoms with Gasteiger partial charge in [-0.25, -0.2) is 4.98 Å². The van der Waals surface area contributed by atoms with Crippen molar-refractivity contribution < 1.29 is 10.2 Å². The number of rotatable bonds is 5. The Bertz CT molecular complexity index is 716. The van der Waals surface area contributed by atoms with Gasteiger partial charge in [0.05, 0.1) is 25.1 Å². The maximum atomic E-state index is 11.6. The number of imidazole rings is 1. The highest BCUT2D eigenvalue weighted by Gasteiger charge is 2.19. The van der Waals surface area contributed by atoms with E-state index >= 15 is 0 Å². The Kier molecular flexibility index (Phi) is 3.84. The number of aliphatic hydroxyl groups is 2. The van der Waals surface area contributed by atoms with Gasteiger partial charge in [-0.15, -0.1) is 0 Å². The van der Waals surface area contributed by atoms with Gasteiger partial charge in [0.15, 0.2) is 11.2 Å². The molecule has 0 aliphatic heterocycles. The van der Waals surface area contributed by atoms with E-state index in [-0.39, 0.29) is 23.7 Å². The molecule has 0 saturated heterocycles. The fraction of sp³-hybridized carbons (Fsp3) is 0.444. The van der Waals surface area contributed by atoms with Crippen molar-refractivity contribution in [1.82, 2.24) is 19.5 Å². The minimum atomic E-state index is -1.23.